The van der Waals surface area contributed by atoms with Crippen molar-refractivity contribution in [2.75, 3.05) is 14.1 Å². The smallest absolute Gasteiger partial charge is 0.349 e. The van der Waals surface area contributed by atoms with Gasteiger partial charge in [0, 0.05) is 31.5 Å². The number of amides is 1. The first-order chi connectivity index (χ1) is 10.6. The average Bonchev–Trinajstić information content (AvgIpc) is 2.74. The molecule has 8 heteroatoms. The Balaban J connectivity index is 2.36. The third-order valence-corrected chi connectivity index (χ3v) is 3.56. The molecule has 2 rings (SSSR count). The molecule has 0 saturated carbocycles. The molecule has 0 bridgehead atoms. The van der Waals surface area contributed by atoms with Crippen LogP contribution in [0.25, 0.3) is 5.82 Å². The normalized spacial score (nSPS) is 11.6. The minimum atomic E-state index is -4.43. The molecule has 2 aromatic rings. The van der Waals surface area contributed by atoms with Crippen LogP contribution in [0.1, 0.15) is 22.5 Å². The van der Waals surface area contributed by atoms with Gasteiger partial charge in [-0.3, -0.25) is 4.79 Å². The van der Waals surface area contributed by atoms with Crippen molar-refractivity contribution in [3.8, 4) is 5.82 Å². The number of aromatic nitrogens is 3. The molecule has 5 nitrogen and oxygen atoms in total. The molecular weight excluding hydrogens is 309 g/mol. The number of alkyl halides is 3. The Morgan fingerprint density at radius 3 is 2.39 bits per heavy atom. The van der Waals surface area contributed by atoms with Crippen molar-refractivity contribution >= 4 is 5.91 Å². The quantitative estimate of drug-likeness (QED) is 0.871. The summed E-state index contributed by atoms with van der Waals surface area (Å²) in [6, 6.07) is 2.23. The zero-order valence-electron chi connectivity index (χ0n) is 13.3. The Kier molecular flexibility index (Phi) is 4.44. The standard InChI is InChI=1S/C15H17F3N4O/c1-9-12(7-14(23)21(3)4)10(2)22(20-9)13-6-5-11(8-19-13)15(16,17)18/h5-6,8H,7H2,1-4H3. The molecule has 0 aliphatic rings. The van der Waals surface area contributed by atoms with Gasteiger partial charge in [-0.25, -0.2) is 9.67 Å². The molecule has 0 spiro atoms. The van der Waals surface area contributed by atoms with Gasteiger partial charge in [-0.05, 0) is 26.0 Å². The number of carbonyl (C=O) groups excluding carboxylic acids is 1. The lowest BCUT2D eigenvalue weighted by molar-refractivity contribution is -0.137. The molecule has 2 heterocycles. The summed E-state index contributed by atoms with van der Waals surface area (Å²) >= 11 is 0. The SMILES string of the molecule is Cc1nn(-c2ccc(C(F)(F)F)cn2)c(C)c1CC(=O)N(C)C. The van der Waals surface area contributed by atoms with E-state index >= 15 is 0 Å². The second-order valence-electron chi connectivity index (χ2n) is 5.43. The number of nitrogens with zero attached hydrogens (tertiary/aromatic N) is 4. The Bertz CT molecular complexity index is 718. The predicted molar refractivity (Wildman–Crippen MR) is 78.2 cm³/mol. The highest BCUT2D eigenvalue weighted by molar-refractivity contribution is 5.78. The molecule has 0 saturated heterocycles. The fraction of sp³-hybridized carbons (Fsp3) is 0.400. The van der Waals surface area contributed by atoms with E-state index in [1.807, 2.05) is 0 Å². The molecule has 2 aromatic heterocycles. The third-order valence-electron chi connectivity index (χ3n) is 3.56. The number of aryl methyl sites for hydroxylation is 1. The van der Waals surface area contributed by atoms with Crippen LogP contribution in [0.4, 0.5) is 13.2 Å². The summed E-state index contributed by atoms with van der Waals surface area (Å²) in [4.78, 5) is 17.2. The molecule has 0 N–H and O–H groups in total. The molecule has 0 radical (unpaired) electrons. The lowest BCUT2D eigenvalue weighted by atomic mass is 10.1. The number of likely N-dealkylation sites (N-methyl/N-ethyl adjacent to an activating group) is 1. The largest absolute Gasteiger partial charge is 0.417 e. The zero-order valence-corrected chi connectivity index (χ0v) is 13.3. The van der Waals surface area contributed by atoms with Crippen LogP contribution in [0.3, 0.4) is 0 Å². The molecule has 23 heavy (non-hydrogen) atoms. The second-order valence-corrected chi connectivity index (χ2v) is 5.43. The lowest BCUT2D eigenvalue weighted by Crippen LogP contribution is -2.24. The summed E-state index contributed by atoms with van der Waals surface area (Å²) in [5.74, 6) is 0.207. The lowest BCUT2D eigenvalue weighted by Gasteiger charge is -2.10. The first-order valence-electron chi connectivity index (χ1n) is 6.90. The Hall–Kier alpha value is -2.38. The highest BCUT2D eigenvalue weighted by atomic mass is 19.4. The molecular formula is C15H17F3N4O. The predicted octanol–water partition coefficient (Wildman–Crippen LogP) is 2.53. The van der Waals surface area contributed by atoms with E-state index in [9.17, 15) is 18.0 Å². The van der Waals surface area contributed by atoms with Crippen molar-refractivity contribution in [3.05, 3.63) is 40.8 Å². The average molecular weight is 326 g/mol. The number of carbonyl (C=O) groups is 1. The summed E-state index contributed by atoms with van der Waals surface area (Å²) in [5, 5.41) is 4.29. The van der Waals surface area contributed by atoms with Crippen molar-refractivity contribution in [2.24, 2.45) is 0 Å². The third kappa shape index (κ3) is 3.52. The van der Waals surface area contributed by atoms with Gasteiger partial charge in [0.1, 0.15) is 0 Å². The van der Waals surface area contributed by atoms with Crippen molar-refractivity contribution in [3.63, 3.8) is 0 Å². The van der Waals surface area contributed by atoms with Gasteiger partial charge in [-0.1, -0.05) is 0 Å². The highest BCUT2D eigenvalue weighted by Crippen LogP contribution is 2.29. The number of hydrogen-bond donors (Lipinski definition) is 0. The molecule has 1 amide bonds. The Morgan fingerprint density at radius 2 is 1.91 bits per heavy atom. The molecule has 0 aromatic carbocycles. The summed E-state index contributed by atoms with van der Waals surface area (Å²) in [5.41, 5.74) is 1.28. The summed E-state index contributed by atoms with van der Waals surface area (Å²) < 4.78 is 39.2. The van der Waals surface area contributed by atoms with Crippen LogP contribution in [-0.2, 0) is 17.4 Å². The Labute approximate surface area is 131 Å². The van der Waals surface area contributed by atoms with Gasteiger partial charge < -0.3 is 4.90 Å². The minimum absolute atomic E-state index is 0.0730. The summed E-state index contributed by atoms with van der Waals surface area (Å²) in [7, 11) is 3.32. The molecule has 0 aliphatic heterocycles. The number of halogens is 3. The topological polar surface area (TPSA) is 51.0 Å². The Morgan fingerprint density at radius 1 is 1.26 bits per heavy atom. The maximum absolute atomic E-state index is 12.6. The van der Waals surface area contributed by atoms with Crippen molar-refractivity contribution < 1.29 is 18.0 Å². The van der Waals surface area contributed by atoms with E-state index in [2.05, 4.69) is 10.1 Å². The van der Waals surface area contributed by atoms with Crippen LogP contribution in [0.15, 0.2) is 18.3 Å². The van der Waals surface area contributed by atoms with E-state index in [1.54, 1.807) is 27.9 Å². The van der Waals surface area contributed by atoms with E-state index in [-0.39, 0.29) is 18.1 Å². The minimum Gasteiger partial charge on any atom is -0.349 e. The number of rotatable bonds is 3. The van der Waals surface area contributed by atoms with Gasteiger partial charge in [0.2, 0.25) is 5.91 Å². The second kappa shape index (κ2) is 6.02. The van der Waals surface area contributed by atoms with Crippen LogP contribution >= 0.6 is 0 Å². The molecule has 0 fully saturated rings. The van der Waals surface area contributed by atoms with E-state index in [0.717, 1.165) is 17.8 Å². The molecule has 0 aliphatic carbocycles. The first-order valence-corrected chi connectivity index (χ1v) is 6.90. The van der Waals surface area contributed by atoms with E-state index < -0.39 is 11.7 Å². The number of hydrogen-bond acceptors (Lipinski definition) is 3. The summed E-state index contributed by atoms with van der Waals surface area (Å²) in [6.07, 6.45) is -3.47. The monoisotopic (exact) mass is 326 g/mol. The van der Waals surface area contributed by atoms with Gasteiger partial charge in [0.25, 0.3) is 0 Å². The zero-order chi connectivity index (χ0) is 17.4. The van der Waals surface area contributed by atoms with Gasteiger partial charge in [0.15, 0.2) is 5.82 Å². The maximum Gasteiger partial charge on any atom is 0.417 e. The fourth-order valence-electron chi connectivity index (χ4n) is 2.14. The van der Waals surface area contributed by atoms with Gasteiger partial charge in [-0.2, -0.15) is 18.3 Å². The van der Waals surface area contributed by atoms with E-state index in [4.69, 9.17) is 0 Å². The molecule has 124 valence electrons. The van der Waals surface area contributed by atoms with Crippen LogP contribution in [0.2, 0.25) is 0 Å². The van der Waals surface area contributed by atoms with Crippen molar-refractivity contribution in [2.45, 2.75) is 26.4 Å². The van der Waals surface area contributed by atoms with E-state index in [0.29, 0.717) is 11.4 Å². The fourth-order valence-corrected chi connectivity index (χ4v) is 2.14. The van der Waals surface area contributed by atoms with Gasteiger partial charge in [-0.15, -0.1) is 0 Å². The first kappa shape index (κ1) is 17.0. The molecule has 0 atom stereocenters. The van der Waals surface area contributed by atoms with Crippen molar-refractivity contribution in [1.29, 1.82) is 0 Å². The van der Waals surface area contributed by atoms with Crippen LogP contribution in [0.5, 0.6) is 0 Å². The van der Waals surface area contributed by atoms with Crippen molar-refractivity contribution in [1.82, 2.24) is 19.7 Å². The van der Waals surface area contributed by atoms with Gasteiger partial charge >= 0.3 is 6.18 Å². The van der Waals surface area contributed by atoms with Crippen LogP contribution in [-0.4, -0.2) is 39.7 Å². The van der Waals surface area contributed by atoms with Crippen LogP contribution in [0, 0.1) is 13.8 Å². The number of pyridine rings is 1. The van der Waals surface area contributed by atoms with Crippen LogP contribution < -0.4 is 0 Å². The maximum atomic E-state index is 12.6. The van der Waals surface area contributed by atoms with E-state index in [1.165, 1.54) is 15.6 Å². The van der Waals surface area contributed by atoms with Gasteiger partial charge in [0.05, 0.1) is 17.7 Å². The molecule has 0 unspecified atom stereocenters. The highest BCUT2D eigenvalue weighted by Gasteiger charge is 2.30. The summed E-state index contributed by atoms with van der Waals surface area (Å²) in [6.45, 7) is 3.52.